The van der Waals surface area contributed by atoms with Crippen LogP contribution < -0.4 is 21.3 Å². The number of nitrogens with zero attached hydrogens (tertiary/aromatic N) is 8. The lowest BCUT2D eigenvalue weighted by molar-refractivity contribution is 0.178. The molecule has 0 saturated heterocycles. The van der Waals surface area contributed by atoms with Crippen LogP contribution in [-0.2, 0) is 20.1 Å². The van der Waals surface area contributed by atoms with Crippen LogP contribution in [0.3, 0.4) is 0 Å². The SMILES string of the molecule is Cn1cnc2cc(CNc3cc(N[C@H]4CCCC[C@H]4CO)nc4c(CNc5cc(N[C@H]6CCCC[C@H]6CO)nc6c(Br)cnn56)cnn34)ccc21. The maximum Gasteiger partial charge on any atom is 0.173 e. The Morgan fingerprint density at radius 1 is 0.765 bits per heavy atom. The minimum atomic E-state index is 0.145. The predicted molar refractivity (Wildman–Crippen MR) is 202 cm³/mol. The van der Waals surface area contributed by atoms with Crippen LogP contribution in [-0.4, -0.2) is 74.3 Å². The van der Waals surface area contributed by atoms with Gasteiger partial charge in [0.05, 0.1) is 34.2 Å². The summed E-state index contributed by atoms with van der Waals surface area (Å²) in [4.78, 5) is 14.5. The first kappa shape index (κ1) is 33.7. The van der Waals surface area contributed by atoms with E-state index in [-0.39, 0.29) is 37.1 Å². The van der Waals surface area contributed by atoms with Gasteiger partial charge in [0, 0.05) is 75.0 Å². The van der Waals surface area contributed by atoms with Crippen molar-refractivity contribution in [1.82, 2.24) is 38.7 Å². The largest absolute Gasteiger partial charge is 0.396 e. The monoisotopic (exact) mass is 756 g/mol. The molecule has 5 heterocycles. The normalized spacial score (nSPS) is 21.0. The van der Waals surface area contributed by atoms with Gasteiger partial charge in [0.2, 0.25) is 0 Å². The highest BCUT2D eigenvalue weighted by atomic mass is 79.9. The molecule has 2 aliphatic rings. The number of aliphatic hydroxyl groups excluding tert-OH is 2. The number of anilines is 4. The van der Waals surface area contributed by atoms with Gasteiger partial charge >= 0.3 is 0 Å². The van der Waals surface area contributed by atoms with E-state index in [0.717, 1.165) is 107 Å². The fraction of sp³-hybridized carbons (Fsp3) is 0.472. The Morgan fingerprint density at radius 2 is 1.37 bits per heavy atom. The van der Waals surface area contributed by atoms with Crippen molar-refractivity contribution in [3.05, 3.63) is 64.7 Å². The zero-order chi connectivity index (χ0) is 34.9. The Balaban J connectivity index is 1.09. The highest BCUT2D eigenvalue weighted by Gasteiger charge is 2.27. The zero-order valence-electron chi connectivity index (χ0n) is 28.8. The van der Waals surface area contributed by atoms with Gasteiger partial charge in [-0.2, -0.15) is 19.2 Å². The standard InChI is InChI=1S/C36H45BrN12O2/c1-47-21-40-29-12-22(10-11-30(29)47)15-38-33-13-31(43-27-8-4-2-6-23(27)19-50)45-35-25(17-41-48(33)35)16-39-34-14-32(46-36-26(37)18-42-49(34)36)44-28-9-5-3-7-24(28)20-51/h10-14,17-18,21,23-24,27-28,38-39,50-51H,2-9,15-16,19-20H2,1H3,(H,43,45)(H,44,46)/t23-,24-,27-,28-/m0/s1. The van der Waals surface area contributed by atoms with E-state index in [0.29, 0.717) is 18.7 Å². The average Bonchev–Trinajstić information content (AvgIpc) is 3.86. The average molecular weight is 758 g/mol. The lowest BCUT2D eigenvalue weighted by atomic mass is 9.85. The van der Waals surface area contributed by atoms with E-state index in [1.165, 1.54) is 0 Å². The molecule has 268 valence electrons. The number of halogens is 1. The second-order valence-corrected chi connectivity index (χ2v) is 14.9. The third kappa shape index (κ3) is 6.94. The predicted octanol–water partition coefficient (Wildman–Crippen LogP) is 5.57. The highest BCUT2D eigenvalue weighted by molar-refractivity contribution is 9.10. The van der Waals surface area contributed by atoms with E-state index in [1.807, 2.05) is 40.8 Å². The van der Waals surface area contributed by atoms with Gasteiger partial charge in [-0.15, -0.1) is 0 Å². The number of aliphatic hydroxyl groups is 2. The van der Waals surface area contributed by atoms with Crippen LogP contribution in [0.4, 0.5) is 23.3 Å². The van der Waals surface area contributed by atoms with Gasteiger partial charge in [-0.1, -0.05) is 31.7 Å². The van der Waals surface area contributed by atoms with Crippen LogP contribution in [0.25, 0.3) is 22.3 Å². The fourth-order valence-corrected chi connectivity index (χ4v) is 8.10. The number of rotatable bonds is 12. The fourth-order valence-electron chi connectivity index (χ4n) is 7.75. The summed E-state index contributed by atoms with van der Waals surface area (Å²) in [6, 6.07) is 10.6. The molecule has 0 radical (unpaired) electrons. The quantitative estimate of drug-likeness (QED) is 0.0924. The summed E-state index contributed by atoms with van der Waals surface area (Å²) in [6.45, 7) is 1.35. The molecule has 0 bridgehead atoms. The van der Waals surface area contributed by atoms with Crippen LogP contribution >= 0.6 is 15.9 Å². The Morgan fingerprint density at radius 3 is 2.06 bits per heavy atom. The summed E-state index contributed by atoms with van der Waals surface area (Å²) in [5.41, 5.74) is 5.49. The van der Waals surface area contributed by atoms with E-state index < -0.39 is 0 Å². The Labute approximate surface area is 304 Å². The van der Waals surface area contributed by atoms with E-state index in [9.17, 15) is 10.2 Å². The van der Waals surface area contributed by atoms with Crippen molar-refractivity contribution < 1.29 is 10.2 Å². The molecule has 5 aromatic heterocycles. The first-order valence-electron chi connectivity index (χ1n) is 18.0. The van der Waals surface area contributed by atoms with E-state index in [1.54, 1.807) is 10.7 Å². The number of aryl methyl sites for hydroxylation is 1. The molecule has 15 heteroatoms. The molecule has 0 spiro atoms. The first-order chi connectivity index (χ1) is 25.0. The molecular formula is C36H45BrN12O2. The van der Waals surface area contributed by atoms with Crippen LogP contribution in [0.2, 0.25) is 0 Å². The van der Waals surface area contributed by atoms with Crippen molar-refractivity contribution >= 4 is 61.5 Å². The molecule has 0 aliphatic heterocycles. The molecule has 0 unspecified atom stereocenters. The molecule has 4 atom stereocenters. The first-order valence-corrected chi connectivity index (χ1v) is 18.8. The third-order valence-electron chi connectivity index (χ3n) is 10.7. The molecule has 51 heavy (non-hydrogen) atoms. The summed E-state index contributed by atoms with van der Waals surface area (Å²) in [7, 11) is 2.00. The zero-order valence-corrected chi connectivity index (χ0v) is 30.3. The molecule has 0 amide bonds. The molecule has 14 nitrogen and oxygen atoms in total. The van der Waals surface area contributed by atoms with Crippen LogP contribution in [0.5, 0.6) is 0 Å². The van der Waals surface area contributed by atoms with Crippen LogP contribution in [0.1, 0.15) is 62.5 Å². The Bertz CT molecular complexity index is 2140. The summed E-state index contributed by atoms with van der Waals surface area (Å²) in [5, 5.41) is 44.0. The number of hydrogen-bond acceptors (Lipinski definition) is 11. The van der Waals surface area contributed by atoms with Crippen LogP contribution in [0, 0.1) is 11.8 Å². The van der Waals surface area contributed by atoms with Crippen molar-refractivity contribution in [3.8, 4) is 0 Å². The number of nitrogens with one attached hydrogen (secondary N) is 4. The van der Waals surface area contributed by atoms with Crippen molar-refractivity contribution in [2.24, 2.45) is 18.9 Å². The molecule has 2 fully saturated rings. The number of fused-ring (bicyclic) bond motifs is 3. The lowest BCUT2D eigenvalue weighted by Gasteiger charge is -2.31. The topological polar surface area (TPSA) is 167 Å². The maximum absolute atomic E-state index is 10.1. The summed E-state index contributed by atoms with van der Waals surface area (Å²) >= 11 is 3.62. The van der Waals surface area contributed by atoms with Crippen molar-refractivity contribution in [2.45, 2.75) is 76.5 Å². The molecule has 8 rings (SSSR count). The molecule has 2 aliphatic carbocycles. The van der Waals surface area contributed by atoms with E-state index in [2.05, 4.69) is 65.5 Å². The summed E-state index contributed by atoms with van der Waals surface area (Å²) in [6.07, 6.45) is 14.0. The molecular weight excluding hydrogens is 712 g/mol. The van der Waals surface area contributed by atoms with Gasteiger partial charge in [0.1, 0.15) is 23.3 Å². The van der Waals surface area contributed by atoms with Gasteiger partial charge in [-0.05, 0) is 59.3 Å². The summed E-state index contributed by atoms with van der Waals surface area (Å²) in [5.74, 6) is 3.46. The number of benzene rings is 1. The smallest absolute Gasteiger partial charge is 0.173 e. The molecule has 6 N–H and O–H groups in total. The number of imidazole rings is 1. The maximum atomic E-state index is 10.1. The van der Waals surface area contributed by atoms with Crippen molar-refractivity contribution in [3.63, 3.8) is 0 Å². The second kappa shape index (κ2) is 14.6. The molecule has 6 aromatic rings. The minimum Gasteiger partial charge on any atom is -0.396 e. The number of hydrogen-bond donors (Lipinski definition) is 6. The van der Waals surface area contributed by atoms with Gasteiger partial charge in [0.25, 0.3) is 0 Å². The lowest BCUT2D eigenvalue weighted by Crippen LogP contribution is -2.34. The van der Waals surface area contributed by atoms with Crippen molar-refractivity contribution in [2.75, 3.05) is 34.5 Å². The molecule has 1 aromatic carbocycles. The number of aromatic nitrogens is 8. The van der Waals surface area contributed by atoms with Gasteiger partial charge in [0.15, 0.2) is 11.3 Å². The Kier molecular flexibility index (Phi) is 9.66. The highest BCUT2D eigenvalue weighted by Crippen LogP contribution is 2.31. The Hall–Kier alpha value is -4.47. The third-order valence-corrected chi connectivity index (χ3v) is 11.2. The molecule has 2 saturated carbocycles. The second-order valence-electron chi connectivity index (χ2n) is 14.0. The van der Waals surface area contributed by atoms with Crippen molar-refractivity contribution in [1.29, 1.82) is 0 Å². The van der Waals surface area contributed by atoms with E-state index in [4.69, 9.17) is 15.1 Å². The van der Waals surface area contributed by atoms with E-state index >= 15 is 0 Å². The van der Waals surface area contributed by atoms with Gasteiger partial charge < -0.3 is 36.0 Å². The van der Waals surface area contributed by atoms with Crippen LogP contribution in [0.15, 0.2) is 53.5 Å². The van der Waals surface area contributed by atoms with Gasteiger partial charge in [-0.25, -0.2) is 15.0 Å². The minimum absolute atomic E-state index is 0.145. The summed E-state index contributed by atoms with van der Waals surface area (Å²) < 4.78 is 6.45. The van der Waals surface area contributed by atoms with Gasteiger partial charge in [-0.3, -0.25) is 0 Å².